The monoisotopic (exact) mass is 162 g/mol. The lowest BCUT2D eigenvalue weighted by atomic mass is 10.5. The van der Waals surface area contributed by atoms with Crippen LogP contribution in [0.2, 0.25) is 0 Å². The zero-order valence-electron chi connectivity index (χ0n) is 6.55. The minimum atomic E-state index is 0.167. The molecular weight excluding hydrogens is 148 g/mol. The summed E-state index contributed by atoms with van der Waals surface area (Å²) in [5.41, 5.74) is 0. The van der Waals surface area contributed by atoms with Gasteiger partial charge in [0.1, 0.15) is 0 Å². The first-order valence-corrected chi connectivity index (χ1v) is 4.47. The summed E-state index contributed by atoms with van der Waals surface area (Å²) >= 11 is 1.32. The molecule has 3 heteroatoms. The minimum Gasteiger partial charge on any atom is -0.381 e. The van der Waals surface area contributed by atoms with Gasteiger partial charge in [0.2, 0.25) is 0 Å². The number of ether oxygens (including phenoxy) is 1. The van der Waals surface area contributed by atoms with Crippen LogP contribution in [0.3, 0.4) is 0 Å². The van der Waals surface area contributed by atoms with Gasteiger partial charge in [0, 0.05) is 19.3 Å². The Labute approximate surface area is 66.3 Å². The summed E-state index contributed by atoms with van der Waals surface area (Å²) in [6, 6.07) is 0. The minimum absolute atomic E-state index is 0.167. The van der Waals surface area contributed by atoms with Gasteiger partial charge < -0.3 is 4.74 Å². The first-order chi connectivity index (χ1) is 4.77. The predicted molar refractivity (Wildman–Crippen MR) is 44.2 cm³/mol. The third-order valence-electron chi connectivity index (χ3n) is 0.881. The Balaban J connectivity index is 2.84. The van der Waals surface area contributed by atoms with Crippen LogP contribution >= 0.6 is 11.8 Å². The maximum Gasteiger partial charge on any atom is 0.185 e. The molecule has 0 aromatic rings. The fourth-order valence-corrected chi connectivity index (χ4v) is 0.979. The zero-order valence-corrected chi connectivity index (χ0v) is 7.37. The molecule has 0 aliphatic heterocycles. The molecule has 0 aliphatic rings. The maximum absolute atomic E-state index is 10.4. The Morgan fingerprint density at radius 1 is 1.50 bits per heavy atom. The molecule has 0 rings (SSSR count). The summed E-state index contributed by atoms with van der Waals surface area (Å²) in [6.45, 7) is 5.14. The lowest BCUT2D eigenvalue weighted by Gasteiger charge is -1.98. The van der Waals surface area contributed by atoms with E-state index in [1.807, 2.05) is 0 Å². The fourth-order valence-electron chi connectivity index (χ4n) is 0.491. The van der Waals surface area contributed by atoms with E-state index in [2.05, 4.69) is 6.92 Å². The van der Waals surface area contributed by atoms with Gasteiger partial charge in [0.25, 0.3) is 0 Å². The molecule has 0 bridgehead atoms. The summed E-state index contributed by atoms with van der Waals surface area (Å²) in [7, 11) is 0. The Morgan fingerprint density at radius 3 is 2.70 bits per heavy atom. The SMILES string of the molecule is CCCOCCSC(C)=O. The summed E-state index contributed by atoms with van der Waals surface area (Å²) in [6.07, 6.45) is 1.05. The number of hydrogen-bond donors (Lipinski definition) is 0. The van der Waals surface area contributed by atoms with E-state index in [9.17, 15) is 4.79 Å². The zero-order chi connectivity index (χ0) is 7.82. The molecule has 0 N–H and O–H groups in total. The summed E-state index contributed by atoms with van der Waals surface area (Å²) in [4.78, 5) is 10.4. The van der Waals surface area contributed by atoms with Crippen molar-refractivity contribution in [2.24, 2.45) is 0 Å². The smallest absolute Gasteiger partial charge is 0.185 e. The third-order valence-corrected chi connectivity index (χ3v) is 1.66. The number of thioether (sulfide) groups is 1. The summed E-state index contributed by atoms with van der Waals surface area (Å²) < 4.78 is 5.16. The van der Waals surface area contributed by atoms with Gasteiger partial charge in [-0.15, -0.1) is 0 Å². The molecule has 0 aromatic heterocycles. The molecule has 0 atom stereocenters. The van der Waals surface area contributed by atoms with Crippen LogP contribution in [-0.4, -0.2) is 24.1 Å². The second kappa shape index (κ2) is 7.09. The van der Waals surface area contributed by atoms with Gasteiger partial charge in [-0.05, 0) is 6.42 Å². The Morgan fingerprint density at radius 2 is 2.20 bits per heavy atom. The van der Waals surface area contributed by atoms with Crippen LogP contribution in [0.4, 0.5) is 0 Å². The van der Waals surface area contributed by atoms with Gasteiger partial charge in [-0.3, -0.25) is 4.79 Å². The quantitative estimate of drug-likeness (QED) is 0.575. The molecule has 0 spiro atoms. The van der Waals surface area contributed by atoms with Crippen LogP contribution in [0.5, 0.6) is 0 Å². The molecule has 0 aliphatic carbocycles. The van der Waals surface area contributed by atoms with E-state index < -0.39 is 0 Å². The number of hydrogen-bond acceptors (Lipinski definition) is 3. The molecule has 10 heavy (non-hydrogen) atoms. The average Bonchev–Trinajstić information content (AvgIpc) is 1.87. The van der Waals surface area contributed by atoms with Crippen LogP contribution in [0.25, 0.3) is 0 Å². The molecule has 0 unspecified atom stereocenters. The highest BCUT2D eigenvalue weighted by atomic mass is 32.2. The van der Waals surface area contributed by atoms with E-state index in [1.54, 1.807) is 6.92 Å². The highest BCUT2D eigenvalue weighted by Gasteiger charge is 1.92. The molecule has 0 fully saturated rings. The van der Waals surface area contributed by atoms with E-state index in [1.165, 1.54) is 11.8 Å². The second-order valence-electron chi connectivity index (χ2n) is 1.95. The predicted octanol–water partition coefficient (Wildman–Crippen LogP) is 1.69. The molecule has 0 amide bonds. The van der Waals surface area contributed by atoms with E-state index in [0.29, 0.717) is 6.61 Å². The van der Waals surface area contributed by atoms with Crippen molar-refractivity contribution in [3.05, 3.63) is 0 Å². The molecule has 0 saturated carbocycles. The van der Waals surface area contributed by atoms with Crippen molar-refractivity contribution in [3.8, 4) is 0 Å². The summed E-state index contributed by atoms with van der Waals surface area (Å²) in [5.74, 6) is 0.787. The van der Waals surface area contributed by atoms with Gasteiger partial charge >= 0.3 is 0 Å². The van der Waals surface area contributed by atoms with Crippen LogP contribution in [0.1, 0.15) is 20.3 Å². The number of carbonyl (C=O) groups excluding carboxylic acids is 1. The largest absolute Gasteiger partial charge is 0.381 e. The number of rotatable bonds is 5. The van der Waals surface area contributed by atoms with Gasteiger partial charge in [-0.2, -0.15) is 0 Å². The lowest BCUT2D eigenvalue weighted by molar-refractivity contribution is -0.109. The fraction of sp³-hybridized carbons (Fsp3) is 0.857. The van der Waals surface area contributed by atoms with E-state index in [4.69, 9.17) is 4.74 Å². The van der Waals surface area contributed by atoms with E-state index in [-0.39, 0.29) is 5.12 Å². The van der Waals surface area contributed by atoms with Gasteiger partial charge in [-0.1, -0.05) is 18.7 Å². The van der Waals surface area contributed by atoms with Crippen molar-refractivity contribution in [3.63, 3.8) is 0 Å². The molecule has 0 radical (unpaired) electrons. The average molecular weight is 162 g/mol. The maximum atomic E-state index is 10.4. The van der Waals surface area contributed by atoms with Gasteiger partial charge in [0.15, 0.2) is 5.12 Å². The van der Waals surface area contributed by atoms with Crippen LogP contribution in [-0.2, 0) is 9.53 Å². The van der Waals surface area contributed by atoms with Crippen molar-refractivity contribution < 1.29 is 9.53 Å². The van der Waals surface area contributed by atoms with Crippen molar-refractivity contribution in [1.82, 2.24) is 0 Å². The normalized spacial score (nSPS) is 9.80. The number of carbonyl (C=O) groups is 1. The van der Waals surface area contributed by atoms with Crippen LogP contribution in [0.15, 0.2) is 0 Å². The molecular formula is C7H14O2S. The van der Waals surface area contributed by atoms with Crippen molar-refractivity contribution >= 4 is 16.9 Å². The van der Waals surface area contributed by atoms with E-state index in [0.717, 1.165) is 18.8 Å². The third kappa shape index (κ3) is 7.98. The molecule has 60 valence electrons. The Hall–Kier alpha value is -0.0200. The van der Waals surface area contributed by atoms with E-state index >= 15 is 0 Å². The Bertz CT molecular complexity index is 93.6. The molecule has 0 heterocycles. The standard InChI is InChI=1S/C7H14O2S/c1-3-4-9-5-6-10-7(2)8/h3-6H2,1-2H3. The summed E-state index contributed by atoms with van der Waals surface area (Å²) in [5, 5.41) is 0.167. The topological polar surface area (TPSA) is 26.3 Å². The first-order valence-electron chi connectivity index (χ1n) is 3.48. The Kier molecular flexibility index (Phi) is 7.08. The molecule has 0 aromatic carbocycles. The van der Waals surface area contributed by atoms with Gasteiger partial charge in [0.05, 0.1) is 6.61 Å². The first kappa shape index (κ1) is 9.98. The molecule has 2 nitrogen and oxygen atoms in total. The van der Waals surface area contributed by atoms with Crippen molar-refractivity contribution in [1.29, 1.82) is 0 Å². The molecule has 0 saturated heterocycles. The van der Waals surface area contributed by atoms with Crippen LogP contribution in [0, 0.1) is 0 Å². The highest BCUT2D eigenvalue weighted by molar-refractivity contribution is 8.13. The van der Waals surface area contributed by atoms with Crippen molar-refractivity contribution in [2.75, 3.05) is 19.0 Å². The van der Waals surface area contributed by atoms with Gasteiger partial charge in [-0.25, -0.2) is 0 Å². The van der Waals surface area contributed by atoms with Crippen molar-refractivity contribution in [2.45, 2.75) is 20.3 Å². The second-order valence-corrected chi connectivity index (χ2v) is 3.22. The highest BCUT2D eigenvalue weighted by Crippen LogP contribution is 1.99. The lowest BCUT2D eigenvalue weighted by Crippen LogP contribution is -1.99. The van der Waals surface area contributed by atoms with Crippen LogP contribution < -0.4 is 0 Å².